The highest BCUT2D eigenvalue weighted by Gasteiger charge is 2.10. The Morgan fingerprint density at radius 3 is 2.71 bits per heavy atom. The standard InChI is InChI=1S/C13H21N3O/c1-9(2)6-7-15-13(17)11-5-4-10(3)8-12(11)16-14/h4-5,8-9,16H,6-7,14H2,1-3H3,(H,15,17). The van der Waals surface area contributed by atoms with Crippen LogP contribution in [0.25, 0.3) is 0 Å². The van der Waals surface area contributed by atoms with Crippen molar-refractivity contribution in [2.75, 3.05) is 12.0 Å². The molecule has 0 atom stereocenters. The summed E-state index contributed by atoms with van der Waals surface area (Å²) in [7, 11) is 0. The van der Waals surface area contributed by atoms with Gasteiger partial charge in [0.15, 0.2) is 0 Å². The Kier molecular flexibility index (Phi) is 4.97. The number of rotatable bonds is 5. The molecule has 1 aromatic carbocycles. The Hall–Kier alpha value is -1.55. The molecule has 4 N–H and O–H groups in total. The molecule has 0 saturated carbocycles. The highest BCUT2D eigenvalue weighted by molar-refractivity contribution is 5.99. The predicted octanol–water partition coefficient (Wildman–Crippen LogP) is 2.06. The van der Waals surface area contributed by atoms with Crippen LogP contribution in [0.3, 0.4) is 0 Å². The third kappa shape index (κ3) is 4.07. The van der Waals surface area contributed by atoms with Gasteiger partial charge in [-0.2, -0.15) is 0 Å². The average molecular weight is 235 g/mol. The third-order valence-electron chi connectivity index (χ3n) is 2.58. The van der Waals surface area contributed by atoms with E-state index in [9.17, 15) is 4.79 Å². The summed E-state index contributed by atoms with van der Waals surface area (Å²) < 4.78 is 0. The van der Waals surface area contributed by atoms with Crippen LogP contribution in [0.15, 0.2) is 18.2 Å². The van der Waals surface area contributed by atoms with Crippen LogP contribution in [-0.4, -0.2) is 12.5 Å². The first-order chi connectivity index (χ1) is 8.04. The van der Waals surface area contributed by atoms with E-state index in [0.717, 1.165) is 12.0 Å². The van der Waals surface area contributed by atoms with Gasteiger partial charge < -0.3 is 10.7 Å². The van der Waals surface area contributed by atoms with E-state index in [4.69, 9.17) is 5.84 Å². The van der Waals surface area contributed by atoms with Gasteiger partial charge >= 0.3 is 0 Å². The van der Waals surface area contributed by atoms with Gasteiger partial charge in [0, 0.05) is 6.54 Å². The van der Waals surface area contributed by atoms with Crippen molar-refractivity contribution >= 4 is 11.6 Å². The number of anilines is 1. The van der Waals surface area contributed by atoms with E-state index < -0.39 is 0 Å². The third-order valence-corrected chi connectivity index (χ3v) is 2.58. The van der Waals surface area contributed by atoms with Crippen LogP contribution in [-0.2, 0) is 0 Å². The fraction of sp³-hybridized carbons (Fsp3) is 0.462. The number of amides is 1. The molecule has 1 amide bonds. The summed E-state index contributed by atoms with van der Waals surface area (Å²) in [6.07, 6.45) is 0.975. The van der Waals surface area contributed by atoms with Gasteiger partial charge in [0.05, 0.1) is 11.3 Å². The van der Waals surface area contributed by atoms with Crippen LogP contribution in [0.5, 0.6) is 0 Å². The number of aryl methyl sites for hydroxylation is 1. The first-order valence-electron chi connectivity index (χ1n) is 5.90. The molecule has 4 nitrogen and oxygen atoms in total. The number of hydrogen-bond acceptors (Lipinski definition) is 3. The lowest BCUT2D eigenvalue weighted by Gasteiger charge is -2.11. The summed E-state index contributed by atoms with van der Waals surface area (Å²) in [6.45, 7) is 6.91. The van der Waals surface area contributed by atoms with E-state index in [-0.39, 0.29) is 5.91 Å². The van der Waals surface area contributed by atoms with Crippen LogP contribution in [0.4, 0.5) is 5.69 Å². The van der Waals surface area contributed by atoms with Crippen LogP contribution in [0.2, 0.25) is 0 Å². The Morgan fingerprint density at radius 2 is 2.12 bits per heavy atom. The molecule has 4 heteroatoms. The van der Waals surface area contributed by atoms with Gasteiger partial charge in [-0.25, -0.2) is 0 Å². The lowest BCUT2D eigenvalue weighted by Crippen LogP contribution is -2.26. The monoisotopic (exact) mass is 235 g/mol. The Morgan fingerprint density at radius 1 is 1.41 bits per heavy atom. The SMILES string of the molecule is Cc1ccc(C(=O)NCCC(C)C)c(NN)c1. The smallest absolute Gasteiger partial charge is 0.253 e. The largest absolute Gasteiger partial charge is 0.352 e. The number of hydrazine groups is 1. The number of carbonyl (C=O) groups excluding carboxylic acids is 1. The Labute approximate surface area is 103 Å². The van der Waals surface area contributed by atoms with Crippen molar-refractivity contribution in [3.8, 4) is 0 Å². The fourth-order valence-electron chi connectivity index (χ4n) is 1.55. The van der Waals surface area contributed by atoms with Gasteiger partial charge in [0.25, 0.3) is 5.91 Å². The van der Waals surface area contributed by atoms with E-state index >= 15 is 0 Å². The normalized spacial score (nSPS) is 10.4. The lowest BCUT2D eigenvalue weighted by molar-refractivity contribution is 0.0953. The maximum absolute atomic E-state index is 11.9. The molecule has 1 aromatic rings. The van der Waals surface area contributed by atoms with Crippen molar-refractivity contribution in [3.63, 3.8) is 0 Å². The second-order valence-corrected chi connectivity index (χ2v) is 4.63. The van der Waals surface area contributed by atoms with Gasteiger partial charge in [-0.05, 0) is 37.0 Å². The topological polar surface area (TPSA) is 67.2 Å². The lowest BCUT2D eigenvalue weighted by atomic mass is 10.1. The Balaban J connectivity index is 2.68. The molecule has 0 radical (unpaired) electrons. The molecule has 0 saturated heterocycles. The van der Waals surface area contributed by atoms with Crippen LogP contribution in [0.1, 0.15) is 36.2 Å². The number of nitrogens with one attached hydrogen (secondary N) is 2. The second-order valence-electron chi connectivity index (χ2n) is 4.63. The maximum atomic E-state index is 11.9. The zero-order valence-corrected chi connectivity index (χ0v) is 10.7. The summed E-state index contributed by atoms with van der Waals surface area (Å²) in [5.41, 5.74) is 4.87. The summed E-state index contributed by atoms with van der Waals surface area (Å²) in [6, 6.07) is 5.55. The van der Waals surface area contributed by atoms with Crippen molar-refractivity contribution < 1.29 is 4.79 Å². The number of hydrogen-bond donors (Lipinski definition) is 3. The molecule has 0 aromatic heterocycles. The minimum Gasteiger partial charge on any atom is -0.352 e. The average Bonchev–Trinajstić information content (AvgIpc) is 2.28. The quantitative estimate of drug-likeness (QED) is 0.540. The summed E-state index contributed by atoms with van der Waals surface area (Å²) in [5.74, 6) is 5.90. The van der Waals surface area contributed by atoms with Gasteiger partial charge in [0.2, 0.25) is 0 Å². The van der Waals surface area contributed by atoms with E-state index in [2.05, 4.69) is 24.6 Å². The molecule has 0 aliphatic heterocycles. The molecule has 0 heterocycles. The molecule has 0 aliphatic carbocycles. The van der Waals surface area contributed by atoms with Crippen molar-refractivity contribution in [1.82, 2.24) is 5.32 Å². The first-order valence-corrected chi connectivity index (χ1v) is 5.90. The number of carbonyl (C=O) groups is 1. The molecule has 17 heavy (non-hydrogen) atoms. The van der Waals surface area contributed by atoms with E-state index in [1.807, 2.05) is 19.1 Å². The molecular formula is C13H21N3O. The zero-order valence-electron chi connectivity index (χ0n) is 10.7. The van der Waals surface area contributed by atoms with E-state index in [1.54, 1.807) is 6.07 Å². The summed E-state index contributed by atoms with van der Waals surface area (Å²) in [5, 5.41) is 2.89. The van der Waals surface area contributed by atoms with Crippen LogP contribution >= 0.6 is 0 Å². The molecule has 1 rings (SSSR count). The molecule has 0 aliphatic rings. The molecular weight excluding hydrogens is 214 g/mol. The van der Waals surface area contributed by atoms with Crippen molar-refractivity contribution in [3.05, 3.63) is 29.3 Å². The van der Waals surface area contributed by atoms with Gasteiger partial charge in [0.1, 0.15) is 0 Å². The molecule has 0 unspecified atom stereocenters. The van der Waals surface area contributed by atoms with Crippen molar-refractivity contribution in [2.45, 2.75) is 27.2 Å². The van der Waals surface area contributed by atoms with E-state index in [0.29, 0.717) is 23.7 Å². The molecule has 0 fully saturated rings. The maximum Gasteiger partial charge on any atom is 0.253 e. The fourth-order valence-corrected chi connectivity index (χ4v) is 1.55. The highest BCUT2D eigenvalue weighted by Crippen LogP contribution is 2.16. The minimum absolute atomic E-state index is 0.0846. The summed E-state index contributed by atoms with van der Waals surface area (Å²) in [4.78, 5) is 11.9. The van der Waals surface area contributed by atoms with Gasteiger partial charge in [-0.3, -0.25) is 10.6 Å². The number of nitrogen functional groups attached to an aromatic ring is 1. The van der Waals surface area contributed by atoms with Crippen molar-refractivity contribution in [1.29, 1.82) is 0 Å². The molecule has 94 valence electrons. The molecule has 0 spiro atoms. The van der Waals surface area contributed by atoms with Crippen LogP contribution < -0.4 is 16.6 Å². The van der Waals surface area contributed by atoms with Crippen LogP contribution in [0, 0.1) is 12.8 Å². The summed E-state index contributed by atoms with van der Waals surface area (Å²) >= 11 is 0. The highest BCUT2D eigenvalue weighted by atomic mass is 16.1. The Bertz CT molecular complexity index is 388. The zero-order chi connectivity index (χ0) is 12.8. The number of benzene rings is 1. The predicted molar refractivity (Wildman–Crippen MR) is 70.8 cm³/mol. The van der Waals surface area contributed by atoms with Crippen molar-refractivity contribution in [2.24, 2.45) is 11.8 Å². The van der Waals surface area contributed by atoms with Gasteiger partial charge in [-0.15, -0.1) is 0 Å². The molecule has 0 bridgehead atoms. The second kappa shape index (κ2) is 6.25. The number of nitrogens with two attached hydrogens (primary N) is 1. The minimum atomic E-state index is -0.0846. The first kappa shape index (κ1) is 13.5. The van der Waals surface area contributed by atoms with E-state index in [1.165, 1.54) is 0 Å². The van der Waals surface area contributed by atoms with Gasteiger partial charge in [-0.1, -0.05) is 19.9 Å².